The molecule has 43 valence electrons. The summed E-state index contributed by atoms with van der Waals surface area (Å²) in [5.41, 5.74) is 0. The molecule has 0 saturated carbocycles. The number of rotatable bonds is 2. The number of aromatic nitrogens is 1. The first-order valence-electron chi connectivity index (χ1n) is 1.79. The van der Waals surface area contributed by atoms with Crippen LogP contribution in [0, 0.1) is 0 Å². The monoisotopic (exact) mass is 180 g/mol. The Morgan fingerprint density at radius 3 is 3.12 bits per heavy atom. The van der Waals surface area contributed by atoms with Crippen molar-refractivity contribution < 1.29 is 0 Å². The lowest BCUT2D eigenvalue weighted by Crippen LogP contribution is -1.54. The van der Waals surface area contributed by atoms with Crippen LogP contribution in [0.4, 0.5) is 0 Å². The summed E-state index contributed by atoms with van der Waals surface area (Å²) in [6.45, 7) is 0. The van der Waals surface area contributed by atoms with Gasteiger partial charge in [0.1, 0.15) is 0 Å². The van der Waals surface area contributed by atoms with Crippen molar-refractivity contribution in [3.8, 4) is 0 Å². The fraction of sp³-hybridized carbons (Fsp3) is 0. The highest BCUT2D eigenvalue weighted by Crippen LogP contribution is 2.34. The molecule has 0 amide bonds. The molecule has 1 radical (unpaired) electrons. The average molecular weight is 180 g/mol. The molecule has 5 heteroatoms. The maximum atomic E-state index is 4.65. The molecule has 1 rings (SSSR count). The van der Waals surface area contributed by atoms with E-state index in [0.717, 1.165) is 4.34 Å². The van der Waals surface area contributed by atoms with Gasteiger partial charge in [0.2, 0.25) is 0 Å². The van der Waals surface area contributed by atoms with Crippen molar-refractivity contribution in [1.82, 2.24) is 4.98 Å². The summed E-state index contributed by atoms with van der Waals surface area (Å²) in [6, 6.07) is 0. The molecule has 1 aromatic heterocycles. The lowest BCUT2D eigenvalue weighted by Gasteiger charge is -1.81. The molecule has 0 aliphatic rings. The molecular weight excluding hydrogens is 178 g/mol. The summed E-state index contributed by atoms with van der Waals surface area (Å²) >= 11 is 6.26. The average Bonchev–Trinajstić information content (AvgIpc) is 2.19. The smallest absolute Gasteiger partial charge is 0.161 e. The van der Waals surface area contributed by atoms with Crippen molar-refractivity contribution in [2.24, 2.45) is 0 Å². The van der Waals surface area contributed by atoms with Gasteiger partial charge in [-0.1, -0.05) is 0 Å². The van der Waals surface area contributed by atoms with E-state index < -0.39 is 0 Å². The maximum Gasteiger partial charge on any atom is 0.161 e. The topological polar surface area (TPSA) is 12.9 Å². The third-order valence-corrected chi connectivity index (χ3v) is 3.54. The van der Waals surface area contributed by atoms with Gasteiger partial charge in [-0.05, 0) is 32.3 Å². The van der Waals surface area contributed by atoms with E-state index in [4.69, 9.17) is 0 Å². The highest BCUT2D eigenvalue weighted by atomic mass is 33.5. The van der Waals surface area contributed by atoms with Crippen molar-refractivity contribution in [3.63, 3.8) is 0 Å². The Bertz CT molecular complexity index is 137. The molecule has 8 heavy (non-hydrogen) atoms. The molecule has 0 bridgehead atoms. The van der Waals surface area contributed by atoms with Crippen LogP contribution in [0.25, 0.3) is 0 Å². The largest absolute Gasteiger partial charge is 0.237 e. The number of thiazole rings is 1. The minimum Gasteiger partial charge on any atom is -0.237 e. The molecule has 1 nitrogen and oxygen atoms in total. The van der Waals surface area contributed by atoms with E-state index in [-0.39, 0.29) is 0 Å². The second-order valence-corrected chi connectivity index (χ2v) is 4.92. The molecule has 0 spiro atoms. The van der Waals surface area contributed by atoms with Gasteiger partial charge in [0.05, 0.1) is 0 Å². The van der Waals surface area contributed by atoms with E-state index in [1.807, 2.05) is 5.38 Å². The zero-order valence-electron chi connectivity index (χ0n) is 3.73. The molecule has 0 atom stereocenters. The van der Waals surface area contributed by atoms with Crippen LogP contribution in [0.2, 0.25) is 0 Å². The molecule has 0 aliphatic carbocycles. The molecule has 0 unspecified atom stereocenters. The quantitative estimate of drug-likeness (QED) is 0.649. The molecule has 0 saturated heterocycles. The highest BCUT2D eigenvalue weighted by molar-refractivity contribution is 9.05. The molecular formula is C3H2NS4. The molecule has 0 N–H and O–H groups in total. The van der Waals surface area contributed by atoms with Gasteiger partial charge in [-0.15, -0.1) is 11.3 Å². The zero-order chi connectivity index (χ0) is 5.82. The van der Waals surface area contributed by atoms with Gasteiger partial charge >= 0.3 is 0 Å². The summed E-state index contributed by atoms with van der Waals surface area (Å²) in [4.78, 5) is 4.00. The van der Waals surface area contributed by atoms with Crippen LogP contribution in [-0.4, -0.2) is 4.98 Å². The maximum absolute atomic E-state index is 4.65. The zero-order valence-corrected chi connectivity index (χ0v) is 7.00. The van der Waals surface area contributed by atoms with E-state index in [1.165, 1.54) is 20.6 Å². The van der Waals surface area contributed by atoms with Crippen LogP contribution < -0.4 is 0 Å². The lowest BCUT2D eigenvalue weighted by molar-refractivity contribution is 1.26. The Hall–Kier alpha value is 0.680. The van der Waals surface area contributed by atoms with E-state index in [2.05, 4.69) is 16.6 Å². The van der Waals surface area contributed by atoms with Crippen molar-refractivity contribution in [2.45, 2.75) is 4.34 Å². The van der Waals surface area contributed by atoms with E-state index >= 15 is 0 Å². The van der Waals surface area contributed by atoms with E-state index in [9.17, 15) is 0 Å². The summed E-state index contributed by atoms with van der Waals surface area (Å²) in [7, 11) is 2.83. The minimum absolute atomic E-state index is 1.03. The highest BCUT2D eigenvalue weighted by Gasteiger charge is 1.91. The Morgan fingerprint density at radius 2 is 2.62 bits per heavy atom. The van der Waals surface area contributed by atoms with Crippen LogP contribution in [0.1, 0.15) is 0 Å². The first kappa shape index (κ1) is 6.80. The SMILES string of the molecule is [S]SSc1nccs1. The van der Waals surface area contributed by atoms with E-state index in [1.54, 1.807) is 17.5 Å². The van der Waals surface area contributed by atoms with Gasteiger partial charge in [0.25, 0.3) is 0 Å². The van der Waals surface area contributed by atoms with Gasteiger partial charge in [-0.3, -0.25) is 0 Å². The lowest BCUT2D eigenvalue weighted by atomic mass is 11.0. The molecule has 1 aromatic rings. The molecule has 0 fully saturated rings. The molecule has 0 aromatic carbocycles. The van der Waals surface area contributed by atoms with Gasteiger partial charge in [-0.25, -0.2) is 4.98 Å². The third-order valence-electron chi connectivity index (χ3n) is 0.515. The minimum atomic E-state index is 1.03. The first-order chi connectivity index (χ1) is 3.93. The van der Waals surface area contributed by atoms with E-state index in [0.29, 0.717) is 0 Å². The number of hydrogen-bond acceptors (Lipinski definition) is 4. The van der Waals surface area contributed by atoms with Crippen molar-refractivity contribution in [3.05, 3.63) is 11.6 Å². The number of hydrogen-bond donors (Lipinski definition) is 0. The standard InChI is InChI=1S/C3H2NS4/c5-8-7-3-4-1-2-6-3/h1-2H. The van der Waals surface area contributed by atoms with Crippen LogP contribution in [0.5, 0.6) is 0 Å². The Balaban J connectivity index is 2.50. The third kappa shape index (κ3) is 1.89. The van der Waals surface area contributed by atoms with Crippen LogP contribution in [0.3, 0.4) is 0 Å². The second-order valence-electron chi connectivity index (χ2n) is 0.949. The summed E-state index contributed by atoms with van der Waals surface area (Å²) in [6.07, 6.45) is 1.78. The van der Waals surface area contributed by atoms with Crippen LogP contribution in [-0.2, 0) is 0 Å². The van der Waals surface area contributed by atoms with Crippen LogP contribution >= 0.6 is 43.6 Å². The fourth-order valence-electron chi connectivity index (χ4n) is 0.281. The van der Waals surface area contributed by atoms with Crippen molar-refractivity contribution in [1.29, 1.82) is 0 Å². The normalized spacial score (nSPS) is 9.62. The number of nitrogens with zero attached hydrogens (tertiary/aromatic N) is 1. The van der Waals surface area contributed by atoms with Gasteiger partial charge < -0.3 is 0 Å². The van der Waals surface area contributed by atoms with Gasteiger partial charge in [-0.2, -0.15) is 0 Å². The van der Waals surface area contributed by atoms with Crippen molar-refractivity contribution >= 4 is 43.6 Å². The summed E-state index contributed by atoms with van der Waals surface area (Å²) in [5.74, 6) is 0. The Kier molecular flexibility index (Phi) is 3.11. The van der Waals surface area contributed by atoms with Crippen molar-refractivity contribution in [2.75, 3.05) is 0 Å². The predicted octanol–water partition coefficient (Wildman–Crippen LogP) is 3.00. The molecule has 0 aliphatic heterocycles. The summed E-state index contributed by atoms with van der Waals surface area (Å²) in [5, 5.41) is 1.94. The summed E-state index contributed by atoms with van der Waals surface area (Å²) < 4.78 is 1.03. The molecule has 1 heterocycles. The Labute approximate surface area is 64.5 Å². The van der Waals surface area contributed by atoms with Gasteiger partial charge in [0, 0.05) is 11.6 Å². The van der Waals surface area contributed by atoms with Crippen LogP contribution in [0.15, 0.2) is 15.9 Å². The predicted molar refractivity (Wildman–Crippen MR) is 43.2 cm³/mol. The van der Waals surface area contributed by atoms with Gasteiger partial charge in [0.15, 0.2) is 4.34 Å². The Morgan fingerprint density at radius 1 is 1.75 bits per heavy atom. The first-order valence-corrected chi connectivity index (χ1v) is 5.75. The fourth-order valence-corrected chi connectivity index (χ4v) is 3.06. The second kappa shape index (κ2) is 3.66.